The van der Waals surface area contributed by atoms with Crippen molar-refractivity contribution in [3.63, 3.8) is 0 Å². The summed E-state index contributed by atoms with van der Waals surface area (Å²) in [6.45, 7) is 6.26. The summed E-state index contributed by atoms with van der Waals surface area (Å²) >= 11 is 0. The molecule has 2 atom stereocenters. The fourth-order valence-electron chi connectivity index (χ4n) is 1.64. The molecule has 1 fully saturated rings. The molecule has 0 heterocycles. The summed E-state index contributed by atoms with van der Waals surface area (Å²) in [5.74, 6) is 1.53. The second kappa shape index (κ2) is 6.22. The van der Waals surface area contributed by atoms with E-state index >= 15 is 0 Å². The summed E-state index contributed by atoms with van der Waals surface area (Å²) < 4.78 is 0. The summed E-state index contributed by atoms with van der Waals surface area (Å²) in [5.41, 5.74) is 0. The molecule has 2 unspecified atom stereocenters. The normalized spacial score (nSPS) is 28.5. The Morgan fingerprint density at radius 1 is 1.36 bits per heavy atom. The lowest BCUT2D eigenvalue weighted by molar-refractivity contribution is 0.427. The van der Waals surface area contributed by atoms with E-state index in [1.165, 1.54) is 19.3 Å². The quantitative estimate of drug-likeness (QED) is 0.566. The second-order valence-electron chi connectivity index (χ2n) is 3.03. The van der Waals surface area contributed by atoms with Crippen LogP contribution < -0.4 is 0 Å². The number of rotatable bonds is 1. The zero-order valence-electron chi connectivity index (χ0n) is 7.93. The standard InChI is InChI=1S/C8H13N.C2H6/c1-7-3-2-4-8(7)5-6-9;1-2/h7-8H,2-5H2,1H3;1-2H3. The van der Waals surface area contributed by atoms with Crippen molar-refractivity contribution in [3.8, 4) is 6.07 Å². The fraction of sp³-hybridized carbons (Fsp3) is 0.900. The molecular weight excluding hydrogens is 134 g/mol. The molecule has 1 nitrogen and oxygen atoms in total. The number of nitriles is 1. The van der Waals surface area contributed by atoms with Crippen LogP contribution in [0.4, 0.5) is 0 Å². The molecule has 64 valence electrons. The smallest absolute Gasteiger partial charge is 0.0624 e. The van der Waals surface area contributed by atoms with Gasteiger partial charge in [-0.25, -0.2) is 0 Å². The first-order valence-corrected chi connectivity index (χ1v) is 4.71. The van der Waals surface area contributed by atoms with Gasteiger partial charge in [-0.1, -0.05) is 33.6 Å². The van der Waals surface area contributed by atoms with Gasteiger partial charge in [-0.3, -0.25) is 0 Å². The van der Waals surface area contributed by atoms with Crippen molar-refractivity contribution in [2.45, 2.75) is 46.5 Å². The average molecular weight is 153 g/mol. The summed E-state index contributed by atoms with van der Waals surface area (Å²) in [7, 11) is 0. The topological polar surface area (TPSA) is 23.8 Å². The molecule has 11 heavy (non-hydrogen) atoms. The molecule has 0 aromatic rings. The zero-order chi connectivity index (χ0) is 8.69. The SMILES string of the molecule is CC.CC1CCCC1CC#N. The number of hydrogen-bond donors (Lipinski definition) is 0. The highest BCUT2D eigenvalue weighted by Gasteiger charge is 2.22. The maximum Gasteiger partial charge on any atom is 0.0624 e. The van der Waals surface area contributed by atoms with Crippen LogP contribution in [0.25, 0.3) is 0 Å². The predicted octanol–water partition coefficient (Wildman–Crippen LogP) is 3.36. The van der Waals surface area contributed by atoms with E-state index in [-0.39, 0.29) is 0 Å². The fourth-order valence-corrected chi connectivity index (χ4v) is 1.64. The minimum atomic E-state index is 0.718. The molecule has 0 bridgehead atoms. The van der Waals surface area contributed by atoms with Crippen molar-refractivity contribution < 1.29 is 0 Å². The lowest BCUT2D eigenvalue weighted by Crippen LogP contribution is -2.01. The maximum absolute atomic E-state index is 8.39. The lowest BCUT2D eigenvalue weighted by Gasteiger charge is -2.08. The highest BCUT2D eigenvalue weighted by molar-refractivity contribution is 4.82. The average Bonchev–Trinajstić information content (AvgIpc) is 2.42. The molecule has 1 aliphatic rings. The third-order valence-electron chi connectivity index (χ3n) is 2.39. The van der Waals surface area contributed by atoms with Gasteiger partial charge < -0.3 is 0 Å². The molecule has 0 aromatic carbocycles. The minimum Gasteiger partial charge on any atom is -0.198 e. The summed E-state index contributed by atoms with van der Waals surface area (Å²) in [4.78, 5) is 0. The van der Waals surface area contributed by atoms with Crippen molar-refractivity contribution in [2.75, 3.05) is 0 Å². The van der Waals surface area contributed by atoms with Gasteiger partial charge in [0, 0.05) is 6.42 Å². The van der Waals surface area contributed by atoms with E-state index in [4.69, 9.17) is 5.26 Å². The molecule has 1 saturated carbocycles. The first kappa shape index (κ1) is 10.5. The van der Waals surface area contributed by atoms with Crippen LogP contribution in [-0.4, -0.2) is 0 Å². The Hall–Kier alpha value is -0.510. The Morgan fingerprint density at radius 3 is 2.36 bits per heavy atom. The molecule has 0 amide bonds. The van der Waals surface area contributed by atoms with Crippen LogP contribution in [-0.2, 0) is 0 Å². The van der Waals surface area contributed by atoms with Gasteiger partial charge in [0.15, 0.2) is 0 Å². The third-order valence-corrected chi connectivity index (χ3v) is 2.39. The van der Waals surface area contributed by atoms with Crippen molar-refractivity contribution >= 4 is 0 Å². The van der Waals surface area contributed by atoms with Crippen molar-refractivity contribution in [2.24, 2.45) is 11.8 Å². The van der Waals surface area contributed by atoms with Gasteiger partial charge in [-0.15, -0.1) is 0 Å². The van der Waals surface area contributed by atoms with Crippen LogP contribution in [0, 0.1) is 23.2 Å². The first-order chi connectivity index (χ1) is 5.34. The Balaban J connectivity index is 0.000000461. The van der Waals surface area contributed by atoms with E-state index in [2.05, 4.69) is 13.0 Å². The molecular formula is C10H19N. The van der Waals surface area contributed by atoms with Crippen LogP contribution in [0.1, 0.15) is 46.5 Å². The van der Waals surface area contributed by atoms with E-state index in [9.17, 15) is 0 Å². The molecule has 0 spiro atoms. The molecule has 0 aromatic heterocycles. The molecule has 0 N–H and O–H groups in total. The molecule has 1 rings (SSSR count). The van der Waals surface area contributed by atoms with Gasteiger partial charge in [-0.05, 0) is 18.3 Å². The van der Waals surface area contributed by atoms with Gasteiger partial charge in [0.1, 0.15) is 0 Å². The lowest BCUT2D eigenvalue weighted by atomic mass is 9.96. The van der Waals surface area contributed by atoms with E-state index in [1.807, 2.05) is 13.8 Å². The second-order valence-corrected chi connectivity index (χ2v) is 3.03. The number of hydrogen-bond acceptors (Lipinski definition) is 1. The van der Waals surface area contributed by atoms with Gasteiger partial charge >= 0.3 is 0 Å². The van der Waals surface area contributed by atoms with Crippen LogP contribution in [0.15, 0.2) is 0 Å². The molecule has 0 radical (unpaired) electrons. The molecule has 1 aliphatic carbocycles. The minimum absolute atomic E-state index is 0.718. The van der Waals surface area contributed by atoms with Crippen LogP contribution in [0.2, 0.25) is 0 Å². The van der Waals surface area contributed by atoms with Crippen molar-refractivity contribution in [1.82, 2.24) is 0 Å². The predicted molar refractivity (Wildman–Crippen MR) is 48.1 cm³/mol. The Kier molecular flexibility index (Phi) is 5.93. The highest BCUT2D eigenvalue weighted by atomic mass is 14.3. The van der Waals surface area contributed by atoms with Gasteiger partial charge in [0.2, 0.25) is 0 Å². The summed E-state index contributed by atoms with van der Waals surface area (Å²) in [6.07, 6.45) is 4.75. The van der Waals surface area contributed by atoms with Crippen LogP contribution in [0.5, 0.6) is 0 Å². The largest absolute Gasteiger partial charge is 0.198 e. The van der Waals surface area contributed by atoms with Crippen LogP contribution >= 0.6 is 0 Å². The summed E-state index contributed by atoms with van der Waals surface area (Å²) in [5, 5.41) is 8.39. The van der Waals surface area contributed by atoms with E-state index in [1.54, 1.807) is 0 Å². The van der Waals surface area contributed by atoms with E-state index in [0.29, 0.717) is 0 Å². The third kappa shape index (κ3) is 3.41. The Bertz CT molecular complexity index is 123. The van der Waals surface area contributed by atoms with Gasteiger partial charge in [-0.2, -0.15) is 5.26 Å². The van der Waals surface area contributed by atoms with Crippen LogP contribution in [0.3, 0.4) is 0 Å². The number of nitrogens with zero attached hydrogens (tertiary/aromatic N) is 1. The molecule has 0 saturated heterocycles. The Morgan fingerprint density at radius 2 is 2.00 bits per heavy atom. The summed E-state index contributed by atoms with van der Waals surface area (Å²) in [6, 6.07) is 2.24. The zero-order valence-corrected chi connectivity index (χ0v) is 7.93. The molecule has 0 aliphatic heterocycles. The highest BCUT2D eigenvalue weighted by Crippen LogP contribution is 2.32. The van der Waals surface area contributed by atoms with Gasteiger partial charge in [0.05, 0.1) is 6.07 Å². The van der Waals surface area contributed by atoms with E-state index in [0.717, 1.165) is 18.3 Å². The van der Waals surface area contributed by atoms with E-state index < -0.39 is 0 Å². The monoisotopic (exact) mass is 153 g/mol. The molecule has 1 heteroatoms. The first-order valence-electron chi connectivity index (χ1n) is 4.71. The van der Waals surface area contributed by atoms with Crippen molar-refractivity contribution in [1.29, 1.82) is 5.26 Å². The van der Waals surface area contributed by atoms with Crippen molar-refractivity contribution in [3.05, 3.63) is 0 Å². The maximum atomic E-state index is 8.39. The Labute approximate surface area is 70.4 Å². The van der Waals surface area contributed by atoms with Gasteiger partial charge in [0.25, 0.3) is 0 Å².